The summed E-state index contributed by atoms with van der Waals surface area (Å²) >= 11 is 0. The Hall–Kier alpha value is -0.606. The molecule has 0 N–H and O–H groups in total. The van der Waals surface area contributed by atoms with Crippen molar-refractivity contribution in [1.82, 2.24) is 0 Å². The number of rotatable bonds is 4. The second-order valence-electron chi connectivity index (χ2n) is 7.01. The Balaban J connectivity index is 0. The standard InChI is InChI=1S/C10H22Si2.C6H10/c1-11(2,3)9-7-8-10-12(4,5)6;1-5(2)6(3)4/h7-10H,1-6H3;1,3H2,2,4H3. The summed E-state index contributed by atoms with van der Waals surface area (Å²) < 4.78 is 0. The van der Waals surface area contributed by atoms with Gasteiger partial charge < -0.3 is 0 Å². The van der Waals surface area contributed by atoms with E-state index in [-0.39, 0.29) is 0 Å². The third kappa shape index (κ3) is 20.8. The summed E-state index contributed by atoms with van der Waals surface area (Å²) in [6, 6.07) is 0. The fraction of sp³-hybridized carbons (Fsp3) is 0.500. The largest absolute Gasteiger partial charge is 0.0959 e. The van der Waals surface area contributed by atoms with Gasteiger partial charge >= 0.3 is 0 Å². The number of hydrogen-bond donors (Lipinski definition) is 0. The van der Waals surface area contributed by atoms with E-state index in [0.29, 0.717) is 0 Å². The Labute approximate surface area is 117 Å². The van der Waals surface area contributed by atoms with E-state index in [1.165, 1.54) is 0 Å². The first-order valence-corrected chi connectivity index (χ1v) is 13.7. The first-order chi connectivity index (χ1) is 7.85. The van der Waals surface area contributed by atoms with Gasteiger partial charge in [0, 0.05) is 0 Å². The van der Waals surface area contributed by atoms with Crippen molar-refractivity contribution in [2.24, 2.45) is 0 Å². The lowest BCUT2D eigenvalue weighted by Gasteiger charge is -2.08. The van der Waals surface area contributed by atoms with E-state index < -0.39 is 16.1 Å². The van der Waals surface area contributed by atoms with Crippen molar-refractivity contribution < 1.29 is 0 Å². The van der Waals surface area contributed by atoms with Crippen LogP contribution in [-0.2, 0) is 0 Å². The second-order valence-corrected chi connectivity index (χ2v) is 17.1. The molecule has 0 unspecified atom stereocenters. The van der Waals surface area contributed by atoms with E-state index in [0.717, 1.165) is 11.1 Å². The number of hydrogen-bond acceptors (Lipinski definition) is 0. The molecule has 0 amide bonds. The van der Waals surface area contributed by atoms with Crippen LogP contribution in [0.2, 0.25) is 39.3 Å². The van der Waals surface area contributed by atoms with E-state index in [4.69, 9.17) is 0 Å². The smallest absolute Gasteiger partial charge is 0.0686 e. The molecular weight excluding hydrogens is 248 g/mol. The minimum Gasteiger partial charge on any atom is -0.0959 e. The topological polar surface area (TPSA) is 0 Å². The van der Waals surface area contributed by atoms with Gasteiger partial charge in [-0.2, -0.15) is 0 Å². The van der Waals surface area contributed by atoms with Crippen molar-refractivity contribution in [1.29, 1.82) is 0 Å². The summed E-state index contributed by atoms with van der Waals surface area (Å²) in [5, 5.41) is 0. The summed E-state index contributed by atoms with van der Waals surface area (Å²) in [5.41, 5.74) is 6.89. The van der Waals surface area contributed by atoms with E-state index in [9.17, 15) is 0 Å². The van der Waals surface area contributed by atoms with Gasteiger partial charge in [0.2, 0.25) is 0 Å². The van der Waals surface area contributed by atoms with E-state index in [2.05, 4.69) is 76.0 Å². The zero-order valence-corrected chi connectivity index (χ0v) is 15.7. The molecule has 0 saturated carbocycles. The van der Waals surface area contributed by atoms with Gasteiger partial charge in [-0.05, 0) is 13.8 Å². The predicted octanol–water partition coefficient (Wildman–Crippen LogP) is 5.99. The molecule has 0 radical (unpaired) electrons. The maximum Gasteiger partial charge on any atom is 0.0686 e. The highest BCUT2D eigenvalue weighted by Gasteiger charge is 2.07. The minimum absolute atomic E-state index is 0.970. The van der Waals surface area contributed by atoms with Gasteiger partial charge in [0.05, 0.1) is 16.1 Å². The van der Waals surface area contributed by atoms with E-state index >= 15 is 0 Å². The summed E-state index contributed by atoms with van der Waals surface area (Å²) in [6.45, 7) is 25.3. The zero-order chi connectivity index (χ0) is 15.0. The molecule has 18 heavy (non-hydrogen) atoms. The quantitative estimate of drug-likeness (QED) is 0.438. The molecular formula is C16H32Si2. The van der Waals surface area contributed by atoms with Gasteiger partial charge in [-0.3, -0.25) is 0 Å². The van der Waals surface area contributed by atoms with Crippen LogP contribution in [0, 0.1) is 0 Å². The van der Waals surface area contributed by atoms with Crippen LogP contribution in [0.25, 0.3) is 0 Å². The number of allylic oxidation sites excluding steroid dienone is 4. The lowest BCUT2D eigenvalue weighted by molar-refractivity contribution is 1.39. The van der Waals surface area contributed by atoms with Crippen molar-refractivity contribution in [2.45, 2.75) is 53.1 Å². The Bertz CT molecular complexity index is 286. The molecule has 0 aromatic heterocycles. The molecule has 0 fully saturated rings. The van der Waals surface area contributed by atoms with Crippen LogP contribution in [0.4, 0.5) is 0 Å². The summed E-state index contributed by atoms with van der Waals surface area (Å²) in [4.78, 5) is 0. The van der Waals surface area contributed by atoms with E-state index in [1.807, 2.05) is 13.8 Å². The maximum absolute atomic E-state index is 3.66. The van der Waals surface area contributed by atoms with Crippen LogP contribution < -0.4 is 0 Å². The van der Waals surface area contributed by atoms with Crippen molar-refractivity contribution in [3.8, 4) is 0 Å². The molecule has 0 aliphatic heterocycles. The van der Waals surface area contributed by atoms with Crippen LogP contribution in [-0.4, -0.2) is 16.1 Å². The summed E-state index contributed by atoms with van der Waals surface area (Å²) in [6.07, 6.45) is 4.45. The summed E-state index contributed by atoms with van der Waals surface area (Å²) in [7, 11) is -1.94. The fourth-order valence-corrected chi connectivity index (χ4v) is 2.07. The molecule has 0 saturated heterocycles. The SMILES string of the molecule is C=C(C)C(=C)C.C[Si](C)(C)C=CC=C[Si](C)(C)C. The molecule has 0 nitrogen and oxygen atoms in total. The Kier molecular flexibility index (Phi) is 9.30. The fourth-order valence-electron chi connectivity index (χ4n) is 0.688. The third-order valence-corrected chi connectivity index (χ3v) is 4.42. The average molecular weight is 281 g/mol. The molecule has 0 aromatic rings. The Morgan fingerprint density at radius 3 is 1.00 bits per heavy atom. The molecule has 0 atom stereocenters. The minimum atomic E-state index is -0.970. The predicted molar refractivity (Wildman–Crippen MR) is 94.6 cm³/mol. The van der Waals surface area contributed by atoms with Crippen molar-refractivity contribution in [3.05, 3.63) is 47.9 Å². The monoisotopic (exact) mass is 280 g/mol. The molecule has 104 valence electrons. The van der Waals surface area contributed by atoms with Gasteiger partial charge in [-0.1, -0.05) is 87.1 Å². The lowest BCUT2D eigenvalue weighted by Crippen LogP contribution is -2.16. The highest BCUT2D eigenvalue weighted by molar-refractivity contribution is 6.81. The molecule has 2 heteroatoms. The van der Waals surface area contributed by atoms with Crippen LogP contribution >= 0.6 is 0 Å². The van der Waals surface area contributed by atoms with Crippen LogP contribution in [0.1, 0.15) is 13.8 Å². The van der Waals surface area contributed by atoms with Gasteiger partial charge in [0.15, 0.2) is 0 Å². The highest BCUT2D eigenvalue weighted by atomic mass is 28.3. The molecule has 0 bridgehead atoms. The van der Waals surface area contributed by atoms with Gasteiger partial charge in [0.1, 0.15) is 0 Å². The van der Waals surface area contributed by atoms with Gasteiger partial charge in [-0.15, -0.1) is 0 Å². The Morgan fingerprint density at radius 1 is 0.667 bits per heavy atom. The highest BCUT2D eigenvalue weighted by Crippen LogP contribution is 2.04. The average Bonchev–Trinajstić information content (AvgIpc) is 2.10. The van der Waals surface area contributed by atoms with Crippen molar-refractivity contribution in [3.63, 3.8) is 0 Å². The third-order valence-electron chi connectivity index (χ3n) is 2.03. The van der Waals surface area contributed by atoms with Crippen molar-refractivity contribution in [2.75, 3.05) is 0 Å². The molecule has 0 spiro atoms. The van der Waals surface area contributed by atoms with E-state index in [1.54, 1.807) is 0 Å². The molecule has 0 rings (SSSR count). The van der Waals surface area contributed by atoms with Crippen LogP contribution in [0.5, 0.6) is 0 Å². The van der Waals surface area contributed by atoms with Gasteiger partial charge in [0.25, 0.3) is 0 Å². The second kappa shape index (κ2) is 8.49. The van der Waals surface area contributed by atoms with Gasteiger partial charge in [-0.25, -0.2) is 0 Å². The normalized spacial score (nSPS) is 12.4. The first kappa shape index (κ1) is 19.7. The molecule has 0 aliphatic rings. The summed E-state index contributed by atoms with van der Waals surface area (Å²) in [5.74, 6) is 0. The maximum atomic E-state index is 3.66. The molecule has 0 heterocycles. The van der Waals surface area contributed by atoms with Crippen LogP contribution in [0.3, 0.4) is 0 Å². The molecule has 0 aliphatic carbocycles. The zero-order valence-electron chi connectivity index (χ0n) is 13.7. The van der Waals surface area contributed by atoms with Crippen LogP contribution in [0.15, 0.2) is 47.9 Å². The first-order valence-electron chi connectivity index (χ1n) is 6.53. The van der Waals surface area contributed by atoms with Crippen molar-refractivity contribution >= 4 is 16.1 Å². The molecule has 0 aromatic carbocycles. The lowest BCUT2D eigenvalue weighted by atomic mass is 10.2. The Morgan fingerprint density at radius 2 is 0.889 bits per heavy atom.